The van der Waals surface area contributed by atoms with Gasteiger partial charge < -0.3 is 24.3 Å². The summed E-state index contributed by atoms with van der Waals surface area (Å²) in [4.78, 5) is 34.9. The van der Waals surface area contributed by atoms with Gasteiger partial charge in [-0.3, -0.25) is 9.69 Å². The largest absolute Gasteiger partial charge is 0.459 e. The lowest BCUT2D eigenvalue weighted by atomic mass is 10.2. The molecule has 0 aliphatic rings. The summed E-state index contributed by atoms with van der Waals surface area (Å²) in [5, 5.41) is 10.1. The van der Waals surface area contributed by atoms with Crippen molar-refractivity contribution in [2.75, 3.05) is 47.1 Å². The fraction of sp³-hybridized carbons (Fsp3) is 0.611. The number of nitrogens with one attached hydrogen (secondary N) is 1. The topological polar surface area (TPSA) is 114 Å². The first-order chi connectivity index (χ1) is 13.4. The van der Waals surface area contributed by atoms with E-state index in [4.69, 9.17) is 14.2 Å². The number of aromatic nitrogens is 2. The van der Waals surface area contributed by atoms with Gasteiger partial charge in [-0.25, -0.2) is 9.78 Å². The lowest BCUT2D eigenvalue weighted by molar-refractivity contribution is 0.0393. The smallest absolute Gasteiger partial charge is 0.348 e. The van der Waals surface area contributed by atoms with E-state index in [2.05, 4.69) is 9.97 Å². The Morgan fingerprint density at radius 3 is 2.64 bits per heavy atom. The van der Waals surface area contributed by atoms with Crippen molar-refractivity contribution < 1.29 is 24.1 Å². The van der Waals surface area contributed by atoms with Crippen LogP contribution in [0.15, 0.2) is 4.79 Å². The van der Waals surface area contributed by atoms with Crippen LogP contribution in [0.1, 0.15) is 28.0 Å². The maximum Gasteiger partial charge on any atom is 0.348 e. The van der Waals surface area contributed by atoms with Gasteiger partial charge in [-0.1, -0.05) is 0 Å². The predicted octanol–water partition coefficient (Wildman–Crippen LogP) is 0.925. The van der Waals surface area contributed by atoms with E-state index in [-0.39, 0.29) is 12.2 Å². The second kappa shape index (κ2) is 10.6. The predicted molar refractivity (Wildman–Crippen MR) is 106 cm³/mol. The van der Waals surface area contributed by atoms with Crippen LogP contribution in [-0.4, -0.2) is 79.2 Å². The van der Waals surface area contributed by atoms with E-state index in [1.54, 1.807) is 21.0 Å². The van der Waals surface area contributed by atoms with Crippen LogP contribution >= 0.6 is 11.3 Å². The molecule has 0 spiro atoms. The summed E-state index contributed by atoms with van der Waals surface area (Å²) in [6, 6.07) is 0. The number of aryl methyl sites for hydroxylation is 1. The molecule has 0 fully saturated rings. The molecule has 2 aromatic rings. The molecule has 0 saturated heterocycles. The lowest BCUT2D eigenvalue weighted by Crippen LogP contribution is -2.34. The summed E-state index contributed by atoms with van der Waals surface area (Å²) in [6.07, 6.45) is -0.523. The van der Waals surface area contributed by atoms with Crippen molar-refractivity contribution in [1.29, 1.82) is 0 Å². The fourth-order valence-corrected chi connectivity index (χ4v) is 3.88. The second-order valence-corrected chi connectivity index (χ2v) is 7.45. The molecule has 2 heterocycles. The molecule has 0 amide bonds. The molecule has 0 saturated carbocycles. The second-order valence-electron chi connectivity index (χ2n) is 6.45. The van der Waals surface area contributed by atoms with Gasteiger partial charge in [0.1, 0.15) is 22.1 Å². The number of aliphatic hydroxyl groups is 1. The van der Waals surface area contributed by atoms with Crippen LogP contribution in [0.4, 0.5) is 0 Å². The number of esters is 1. The van der Waals surface area contributed by atoms with Gasteiger partial charge >= 0.3 is 5.97 Å². The van der Waals surface area contributed by atoms with Crippen LogP contribution in [0, 0.1) is 6.92 Å². The highest BCUT2D eigenvalue weighted by molar-refractivity contribution is 7.20. The number of thiophene rings is 1. The van der Waals surface area contributed by atoms with E-state index in [0.29, 0.717) is 59.3 Å². The Labute approximate surface area is 167 Å². The first-order valence-electron chi connectivity index (χ1n) is 8.95. The van der Waals surface area contributed by atoms with Gasteiger partial charge in [0.25, 0.3) is 5.56 Å². The fourth-order valence-electron chi connectivity index (χ4n) is 2.78. The number of nitrogens with zero attached hydrogens (tertiary/aromatic N) is 2. The molecular formula is C18H27N3O6S. The highest BCUT2D eigenvalue weighted by atomic mass is 32.1. The number of aliphatic hydroxyl groups excluding tert-OH is 1. The van der Waals surface area contributed by atoms with Gasteiger partial charge in [-0.15, -0.1) is 11.3 Å². The first-order valence-corrected chi connectivity index (χ1v) is 9.76. The summed E-state index contributed by atoms with van der Waals surface area (Å²) in [6.45, 7) is 5.71. The van der Waals surface area contributed by atoms with Crippen LogP contribution in [0.2, 0.25) is 0 Å². The Kier molecular flexibility index (Phi) is 8.52. The van der Waals surface area contributed by atoms with Crippen molar-refractivity contribution in [3.05, 3.63) is 26.6 Å². The van der Waals surface area contributed by atoms with Gasteiger partial charge in [-0.2, -0.15) is 0 Å². The summed E-state index contributed by atoms with van der Waals surface area (Å²) in [7, 11) is 3.13. The quantitative estimate of drug-likeness (QED) is 0.413. The minimum absolute atomic E-state index is 0.145. The molecule has 9 nitrogen and oxygen atoms in total. The number of aromatic amines is 1. The minimum atomic E-state index is -0.523. The standard InChI is InChI=1S/C18H27N3O6S/c1-11(22)9-21(5-6-25-3)10-13-19-16(23)14-12(2)15(28-17(14)20-13)18(24)27-8-7-26-4/h11,22H,5-10H2,1-4H3,(H,19,20,23). The summed E-state index contributed by atoms with van der Waals surface area (Å²) in [5.74, 6) is -0.0240. The van der Waals surface area contributed by atoms with Gasteiger partial charge in [0.05, 0.1) is 31.2 Å². The lowest BCUT2D eigenvalue weighted by Gasteiger charge is -2.22. The monoisotopic (exact) mass is 413 g/mol. The summed E-state index contributed by atoms with van der Waals surface area (Å²) in [5.41, 5.74) is 0.261. The highest BCUT2D eigenvalue weighted by Gasteiger charge is 2.21. The zero-order chi connectivity index (χ0) is 20.7. The van der Waals surface area contributed by atoms with Gasteiger partial charge in [0.15, 0.2) is 0 Å². The molecule has 1 unspecified atom stereocenters. The molecular weight excluding hydrogens is 386 g/mol. The van der Waals surface area contributed by atoms with Crippen LogP contribution in [-0.2, 0) is 20.8 Å². The number of fused-ring (bicyclic) bond motifs is 1. The number of rotatable bonds is 11. The Morgan fingerprint density at radius 2 is 2.00 bits per heavy atom. The molecule has 2 aromatic heterocycles. The number of H-pyrrole nitrogens is 1. The van der Waals surface area contributed by atoms with Crippen molar-refractivity contribution in [2.45, 2.75) is 26.5 Å². The van der Waals surface area contributed by atoms with Crippen LogP contribution < -0.4 is 5.56 Å². The number of carbonyl (C=O) groups excluding carboxylic acids is 1. The SMILES string of the molecule is COCCOC(=O)c1sc2nc(CN(CCOC)CC(C)O)[nH]c(=O)c2c1C. The minimum Gasteiger partial charge on any atom is -0.459 e. The van der Waals surface area contributed by atoms with Crippen LogP contribution in [0.25, 0.3) is 10.2 Å². The van der Waals surface area contributed by atoms with Crippen LogP contribution in [0.3, 0.4) is 0 Å². The van der Waals surface area contributed by atoms with Crippen LogP contribution in [0.5, 0.6) is 0 Å². The van der Waals surface area contributed by atoms with E-state index in [1.165, 1.54) is 7.11 Å². The summed E-state index contributed by atoms with van der Waals surface area (Å²) >= 11 is 1.14. The number of carbonyl (C=O) groups is 1. The third-order valence-corrected chi connectivity index (χ3v) is 5.23. The Balaban J connectivity index is 2.27. The average molecular weight is 413 g/mol. The zero-order valence-electron chi connectivity index (χ0n) is 16.6. The van der Waals surface area contributed by atoms with Gasteiger partial charge in [0, 0.05) is 27.3 Å². The Hall–Kier alpha value is -1.85. The van der Waals surface area contributed by atoms with Crippen molar-refractivity contribution in [3.8, 4) is 0 Å². The Bertz CT molecular complexity index is 848. The maximum absolute atomic E-state index is 12.6. The van der Waals surface area contributed by atoms with E-state index in [9.17, 15) is 14.7 Å². The first kappa shape index (κ1) is 22.4. The Morgan fingerprint density at radius 1 is 1.29 bits per heavy atom. The number of methoxy groups -OCH3 is 2. The van der Waals surface area contributed by atoms with Gasteiger partial charge in [-0.05, 0) is 19.4 Å². The number of ether oxygens (including phenoxy) is 3. The molecule has 0 aromatic carbocycles. The molecule has 0 radical (unpaired) electrons. The van der Waals surface area contributed by atoms with E-state index in [0.717, 1.165) is 11.3 Å². The summed E-state index contributed by atoms with van der Waals surface area (Å²) < 4.78 is 15.1. The molecule has 2 N–H and O–H groups in total. The number of hydrogen-bond donors (Lipinski definition) is 2. The molecule has 0 aliphatic heterocycles. The van der Waals surface area contributed by atoms with E-state index in [1.807, 2.05) is 4.90 Å². The van der Waals surface area contributed by atoms with E-state index >= 15 is 0 Å². The highest BCUT2D eigenvalue weighted by Crippen LogP contribution is 2.27. The molecule has 2 rings (SSSR count). The van der Waals surface area contributed by atoms with Crippen molar-refractivity contribution in [2.24, 2.45) is 0 Å². The zero-order valence-corrected chi connectivity index (χ0v) is 17.4. The molecule has 1 atom stereocenters. The normalized spacial score (nSPS) is 12.6. The average Bonchev–Trinajstić information content (AvgIpc) is 2.96. The molecule has 0 bridgehead atoms. The van der Waals surface area contributed by atoms with Crippen molar-refractivity contribution in [3.63, 3.8) is 0 Å². The molecule has 28 heavy (non-hydrogen) atoms. The third-order valence-electron chi connectivity index (χ3n) is 4.06. The molecule has 0 aliphatic carbocycles. The van der Waals surface area contributed by atoms with E-state index < -0.39 is 12.1 Å². The van der Waals surface area contributed by atoms with Crippen molar-refractivity contribution >= 4 is 27.5 Å². The number of hydrogen-bond acceptors (Lipinski definition) is 9. The molecule has 10 heteroatoms. The third kappa shape index (κ3) is 5.82. The van der Waals surface area contributed by atoms with Crippen molar-refractivity contribution in [1.82, 2.24) is 14.9 Å². The van der Waals surface area contributed by atoms with Gasteiger partial charge in [0.2, 0.25) is 0 Å². The molecule has 156 valence electrons. The maximum atomic E-state index is 12.6.